The Balaban J connectivity index is 3.68. The summed E-state index contributed by atoms with van der Waals surface area (Å²) < 4.78 is 0. The topological polar surface area (TPSA) is 78.2 Å². The van der Waals surface area contributed by atoms with Gasteiger partial charge >= 0.3 is 5.97 Å². The molecule has 0 amide bonds. The van der Waals surface area contributed by atoms with Gasteiger partial charge in [0.25, 0.3) is 0 Å². The Labute approximate surface area is 59.0 Å². The van der Waals surface area contributed by atoms with Crippen LogP contribution in [-0.2, 0) is 9.59 Å². The number of nitrogens with one attached hydrogen (secondary N) is 1. The number of carbonyl (C=O) groups excluding carboxylic acids is 1. The van der Waals surface area contributed by atoms with E-state index in [2.05, 4.69) is 0 Å². The average molecular weight is 144 g/mol. The highest BCUT2D eigenvalue weighted by atomic mass is 16.4. The van der Waals surface area contributed by atoms with Gasteiger partial charge in [0, 0.05) is 6.42 Å². The fourth-order valence-corrected chi connectivity index (χ4v) is 0.501. The Morgan fingerprint density at radius 1 is 1.60 bits per heavy atom. The van der Waals surface area contributed by atoms with Crippen LogP contribution in [0.3, 0.4) is 0 Å². The molecular weight excluding hydrogens is 134 g/mol. The van der Waals surface area contributed by atoms with Crippen molar-refractivity contribution in [3.8, 4) is 0 Å². The quantitative estimate of drug-likeness (QED) is 0.600. The van der Waals surface area contributed by atoms with Crippen molar-refractivity contribution >= 4 is 11.8 Å². The average Bonchev–Trinajstić information content (AvgIpc) is 1.87. The van der Waals surface area contributed by atoms with E-state index in [1.807, 2.05) is 0 Å². The first kappa shape index (κ1) is 9.10. The lowest BCUT2D eigenvalue weighted by Crippen LogP contribution is -2.16. The van der Waals surface area contributed by atoms with Crippen LogP contribution in [0, 0.1) is 5.92 Å². The van der Waals surface area contributed by atoms with E-state index >= 15 is 0 Å². The number of carboxylic acids is 1. The number of carboxylic acid groups (broad SMARTS) is 1. The van der Waals surface area contributed by atoms with E-state index < -0.39 is 11.9 Å². The van der Waals surface area contributed by atoms with Crippen LogP contribution < -0.4 is 5.73 Å². The number of Topliss-reactive ketones (excluding diaryl/α,β-unsaturated/α-hetero) is 1. The first-order valence-corrected chi connectivity index (χ1v) is 2.97. The van der Waals surface area contributed by atoms with Crippen molar-refractivity contribution in [2.45, 2.75) is 13.3 Å². The standard InChI is InChI=1S/C6H10NO3/c1-4(6(9)10)2-5(8)3-7/h4,7H,2-3H2,1H3,(H,9,10). The third kappa shape index (κ3) is 3.19. The maximum Gasteiger partial charge on any atom is 0.306 e. The second-order valence-electron chi connectivity index (χ2n) is 2.16. The molecule has 0 aliphatic heterocycles. The molecule has 0 saturated carbocycles. The van der Waals surface area contributed by atoms with Gasteiger partial charge in [-0.05, 0) is 0 Å². The first-order valence-electron chi connectivity index (χ1n) is 2.97. The number of aliphatic carboxylic acids is 1. The van der Waals surface area contributed by atoms with Crippen LogP contribution in [0.2, 0.25) is 0 Å². The van der Waals surface area contributed by atoms with Gasteiger partial charge in [-0.2, -0.15) is 0 Å². The Morgan fingerprint density at radius 3 is 2.40 bits per heavy atom. The Kier molecular flexibility index (Phi) is 3.64. The van der Waals surface area contributed by atoms with E-state index in [-0.39, 0.29) is 18.7 Å². The molecule has 0 aromatic carbocycles. The predicted molar refractivity (Wildman–Crippen MR) is 34.4 cm³/mol. The number of ketones is 1. The summed E-state index contributed by atoms with van der Waals surface area (Å²) in [4.78, 5) is 20.6. The van der Waals surface area contributed by atoms with Crippen molar-refractivity contribution in [3.63, 3.8) is 0 Å². The van der Waals surface area contributed by atoms with Gasteiger partial charge in [0.2, 0.25) is 0 Å². The molecule has 0 aliphatic rings. The van der Waals surface area contributed by atoms with Gasteiger partial charge in [-0.3, -0.25) is 15.3 Å². The Hall–Kier alpha value is -0.900. The second-order valence-corrected chi connectivity index (χ2v) is 2.16. The van der Waals surface area contributed by atoms with Crippen LogP contribution in [0.1, 0.15) is 13.3 Å². The first-order chi connectivity index (χ1) is 4.57. The van der Waals surface area contributed by atoms with E-state index in [0.717, 1.165) is 0 Å². The summed E-state index contributed by atoms with van der Waals surface area (Å²) in [5.74, 6) is -1.96. The van der Waals surface area contributed by atoms with Gasteiger partial charge in [-0.25, -0.2) is 0 Å². The van der Waals surface area contributed by atoms with Crippen LogP contribution >= 0.6 is 0 Å². The predicted octanol–water partition coefficient (Wildman–Crippen LogP) is -0.0508. The van der Waals surface area contributed by atoms with Gasteiger partial charge in [0.05, 0.1) is 12.5 Å². The minimum atomic E-state index is -0.984. The molecule has 0 fully saturated rings. The fourth-order valence-electron chi connectivity index (χ4n) is 0.501. The summed E-state index contributed by atoms with van der Waals surface area (Å²) in [7, 11) is 0. The lowest BCUT2D eigenvalue weighted by molar-refractivity contribution is -0.142. The van der Waals surface area contributed by atoms with E-state index in [4.69, 9.17) is 10.8 Å². The van der Waals surface area contributed by atoms with Crippen LogP contribution in [0.5, 0.6) is 0 Å². The van der Waals surface area contributed by atoms with Gasteiger partial charge in [-0.1, -0.05) is 6.92 Å². The second kappa shape index (κ2) is 4.00. The maximum atomic E-state index is 10.5. The molecular formula is C6H10NO3. The van der Waals surface area contributed by atoms with Crippen LogP contribution in [0.25, 0.3) is 0 Å². The van der Waals surface area contributed by atoms with E-state index in [0.29, 0.717) is 0 Å². The third-order valence-corrected chi connectivity index (χ3v) is 1.15. The molecule has 2 N–H and O–H groups in total. The zero-order valence-electron chi connectivity index (χ0n) is 5.76. The normalized spacial score (nSPS) is 12.6. The molecule has 0 aromatic heterocycles. The smallest absolute Gasteiger partial charge is 0.306 e. The number of rotatable bonds is 4. The number of hydrogen-bond donors (Lipinski definition) is 1. The van der Waals surface area contributed by atoms with Crippen molar-refractivity contribution in [2.75, 3.05) is 6.54 Å². The van der Waals surface area contributed by atoms with Gasteiger partial charge in [0.15, 0.2) is 0 Å². The highest BCUT2D eigenvalue weighted by molar-refractivity contribution is 5.84. The van der Waals surface area contributed by atoms with Gasteiger partial charge in [-0.15, -0.1) is 0 Å². The molecule has 0 bridgehead atoms. The zero-order valence-corrected chi connectivity index (χ0v) is 5.76. The molecule has 0 saturated heterocycles. The zero-order chi connectivity index (χ0) is 8.15. The minimum Gasteiger partial charge on any atom is -0.481 e. The summed E-state index contributed by atoms with van der Waals surface area (Å²) in [5, 5.41) is 8.31. The lowest BCUT2D eigenvalue weighted by atomic mass is 10.1. The molecule has 0 aromatic rings. The molecule has 0 heterocycles. The van der Waals surface area contributed by atoms with E-state index in [1.165, 1.54) is 6.92 Å². The molecule has 10 heavy (non-hydrogen) atoms. The SMILES string of the molecule is CC(CC(=O)C[NH])C(=O)O. The number of carbonyl (C=O) groups is 2. The summed E-state index contributed by atoms with van der Waals surface area (Å²) in [6.07, 6.45) is -0.0289. The highest BCUT2D eigenvalue weighted by Crippen LogP contribution is 2.01. The molecule has 4 nitrogen and oxygen atoms in total. The van der Waals surface area contributed by atoms with Crippen molar-refractivity contribution < 1.29 is 14.7 Å². The molecule has 1 unspecified atom stereocenters. The summed E-state index contributed by atoms with van der Waals surface area (Å²) in [5.41, 5.74) is 6.60. The van der Waals surface area contributed by atoms with E-state index in [9.17, 15) is 9.59 Å². The van der Waals surface area contributed by atoms with Gasteiger partial charge in [0.1, 0.15) is 5.78 Å². The maximum absolute atomic E-state index is 10.5. The Morgan fingerprint density at radius 2 is 2.10 bits per heavy atom. The van der Waals surface area contributed by atoms with Crippen LogP contribution in [0.4, 0.5) is 0 Å². The number of hydrogen-bond acceptors (Lipinski definition) is 2. The summed E-state index contributed by atoms with van der Waals surface area (Å²) in [6.45, 7) is 1.13. The van der Waals surface area contributed by atoms with Crippen molar-refractivity contribution in [2.24, 2.45) is 5.92 Å². The van der Waals surface area contributed by atoms with Gasteiger partial charge < -0.3 is 5.11 Å². The molecule has 0 aliphatic carbocycles. The third-order valence-electron chi connectivity index (χ3n) is 1.15. The summed E-state index contributed by atoms with van der Waals surface area (Å²) in [6, 6.07) is 0. The largest absolute Gasteiger partial charge is 0.481 e. The van der Waals surface area contributed by atoms with E-state index in [1.54, 1.807) is 0 Å². The van der Waals surface area contributed by atoms with Crippen LogP contribution in [0.15, 0.2) is 0 Å². The lowest BCUT2D eigenvalue weighted by Gasteiger charge is -2.01. The fraction of sp³-hybridized carbons (Fsp3) is 0.667. The highest BCUT2D eigenvalue weighted by Gasteiger charge is 2.13. The summed E-state index contributed by atoms with van der Waals surface area (Å²) >= 11 is 0. The molecule has 4 heteroatoms. The monoisotopic (exact) mass is 144 g/mol. The Bertz CT molecular complexity index is 144. The molecule has 0 spiro atoms. The van der Waals surface area contributed by atoms with Crippen molar-refractivity contribution in [3.05, 3.63) is 0 Å². The van der Waals surface area contributed by atoms with Crippen molar-refractivity contribution in [1.82, 2.24) is 5.73 Å². The van der Waals surface area contributed by atoms with Crippen molar-refractivity contribution in [1.29, 1.82) is 0 Å². The molecule has 1 radical (unpaired) electrons. The minimum absolute atomic E-state index is 0.0289. The molecule has 1 atom stereocenters. The molecule has 0 rings (SSSR count). The van der Waals surface area contributed by atoms with Crippen LogP contribution in [-0.4, -0.2) is 23.4 Å². The molecule has 57 valence electrons.